The van der Waals surface area contributed by atoms with Crippen LogP contribution < -0.4 is 9.88 Å². The number of non-ortho nitro benzene ring substituents is 1. The summed E-state index contributed by atoms with van der Waals surface area (Å²) in [5.41, 5.74) is -0.125. The van der Waals surface area contributed by atoms with Gasteiger partial charge in [-0.25, -0.2) is 4.57 Å². The molecule has 0 spiro atoms. The Labute approximate surface area is 133 Å². The van der Waals surface area contributed by atoms with Crippen molar-refractivity contribution in [2.75, 3.05) is 5.32 Å². The minimum Gasteiger partial charge on any atom is -0.506 e. The SMILES string of the molecule is O=C(CCCC[n+]1ccccc1)Nc1cc([N+](=O)[O-])ccc1O. The first-order valence-electron chi connectivity index (χ1n) is 7.27. The molecule has 0 aliphatic rings. The molecule has 120 valence electrons. The number of nitro groups is 1. The van der Waals surface area contributed by atoms with E-state index in [9.17, 15) is 20.0 Å². The number of hydrogen-bond donors (Lipinski definition) is 2. The fourth-order valence-corrected chi connectivity index (χ4v) is 2.11. The first-order chi connectivity index (χ1) is 11.1. The molecule has 1 aromatic carbocycles. The van der Waals surface area contributed by atoms with E-state index in [1.807, 2.05) is 35.2 Å². The van der Waals surface area contributed by atoms with Gasteiger partial charge in [0.2, 0.25) is 5.91 Å². The maximum atomic E-state index is 11.9. The highest BCUT2D eigenvalue weighted by atomic mass is 16.6. The summed E-state index contributed by atoms with van der Waals surface area (Å²) in [6.07, 6.45) is 5.73. The van der Waals surface area contributed by atoms with Crippen LogP contribution in [0.3, 0.4) is 0 Å². The standard InChI is InChI=1S/C16H17N3O4/c20-15-8-7-13(19(22)23)12-14(15)17-16(21)6-2-5-11-18-9-3-1-4-10-18/h1,3-4,7-10,12H,2,5-6,11H2,(H-,17,20,21)/p+1. The van der Waals surface area contributed by atoms with E-state index in [0.717, 1.165) is 19.0 Å². The number of phenolic OH excluding ortho intramolecular Hbond substituents is 1. The summed E-state index contributed by atoms with van der Waals surface area (Å²) in [7, 11) is 0. The third kappa shape index (κ3) is 5.06. The first kappa shape index (κ1) is 16.4. The van der Waals surface area contributed by atoms with Gasteiger partial charge in [-0.3, -0.25) is 14.9 Å². The van der Waals surface area contributed by atoms with Crippen molar-refractivity contribution < 1.29 is 19.4 Å². The molecule has 2 rings (SSSR count). The van der Waals surface area contributed by atoms with Gasteiger partial charge in [0.1, 0.15) is 12.3 Å². The Bertz CT molecular complexity index is 689. The van der Waals surface area contributed by atoms with E-state index in [1.165, 1.54) is 12.1 Å². The van der Waals surface area contributed by atoms with E-state index >= 15 is 0 Å². The highest BCUT2D eigenvalue weighted by molar-refractivity contribution is 5.92. The quantitative estimate of drug-likeness (QED) is 0.269. The molecule has 0 aliphatic carbocycles. The summed E-state index contributed by atoms with van der Waals surface area (Å²) in [6.45, 7) is 0.816. The molecule has 1 amide bonds. The highest BCUT2D eigenvalue weighted by Gasteiger charge is 2.12. The van der Waals surface area contributed by atoms with E-state index in [1.54, 1.807) is 0 Å². The average molecular weight is 316 g/mol. The van der Waals surface area contributed by atoms with Crippen molar-refractivity contribution in [3.63, 3.8) is 0 Å². The number of hydrogen-bond acceptors (Lipinski definition) is 4. The van der Waals surface area contributed by atoms with Gasteiger partial charge in [-0.15, -0.1) is 0 Å². The van der Waals surface area contributed by atoms with Crippen molar-refractivity contribution in [2.24, 2.45) is 0 Å². The van der Waals surface area contributed by atoms with Crippen LogP contribution in [-0.4, -0.2) is 15.9 Å². The Morgan fingerprint density at radius 2 is 1.96 bits per heavy atom. The van der Waals surface area contributed by atoms with Crippen LogP contribution in [-0.2, 0) is 11.3 Å². The molecule has 0 bridgehead atoms. The number of rotatable bonds is 7. The zero-order valence-electron chi connectivity index (χ0n) is 12.5. The van der Waals surface area contributed by atoms with Crippen LogP contribution in [0.2, 0.25) is 0 Å². The molecule has 2 aromatic rings. The molecule has 2 N–H and O–H groups in total. The summed E-state index contributed by atoms with van der Waals surface area (Å²) >= 11 is 0. The lowest BCUT2D eigenvalue weighted by Gasteiger charge is -2.06. The molecule has 7 nitrogen and oxygen atoms in total. The number of nitrogens with one attached hydrogen (secondary N) is 1. The van der Waals surface area contributed by atoms with Crippen LogP contribution >= 0.6 is 0 Å². The minimum atomic E-state index is -0.577. The maximum absolute atomic E-state index is 11.9. The number of phenols is 1. The van der Waals surface area contributed by atoms with Crippen molar-refractivity contribution in [3.05, 3.63) is 58.9 Å². The second-order valence-electron chi connectivity index (χ2n) is 5.08. The number of pyridine rings is 1. The van der Waals surface area contributed by atoms with Crippen LogP contribution in [0.5, 0.6) is 5.75 Å². The van der Waals surface area contributed by atoms with Crippen LogP contribution in [0, 0.1) is 10.1 Å². The number of aromatic hydroxyl groups is 1. The molecule has 1 aromatic heterocycles. The Morgan fingerprint density at radius 1 is 1.22 bits per heavy atom. The number of anilines is 1. The maximum Gasteiger partial charge on any atom is 0.271 e. The summed E-state index contributed by atoms with van der Waals surface area (Å²) in [6, 6.07) is 9.35. The molecule has 0 fully saturated rings. The number of nitro benzene ring substituents is 1. The zero-order valence-corrected chi connectivity index (χ0v) is 12.5. The number of aryl methyl sites for hydroxylation is 1. The number of unbranched alkanes of at least 4 members (excludes halogenated alkanes) is 1. The summed E-state index contributed by atoms with van der Waals surface area (Å²) in [5.74, 6) is -0.470. The summed E-state index contributed by atoms with van der Waals surface area (Å²) < 4.78 is 2.03. The Kier molecular flexibility index (Phi) is 5.62. The van der Waals surface area contributed by atoms with E-state index in [0.29, 0.717) is 6.42 Å². The van der Waals surface area contributed by atoms with Gasteiger partial charge < -0.3 is 10.4 Å². The molecule has 0 saturated carbocycles. The first-order valence-corrected chi connectivity index (χ1v) is 7.27. The summed E-state index contributed by atoms with van der Waals surface area (Å²) in [4.78, 5) is 22.0. The number of benzene rings is 1. The van der Waals surface area contributed by atoms with Gasteiger partial charge >= 0.3 is 0 Å². The van der Waals surface area contributed by atoms with Crippen LogP contribution in [0.25, 0.3) is 0 Å². The largest absolute Gasteiger partial charge is 0.506 e. The molecule has 7 heteroatoms. The smallest absolute Gasteiger partial charge is 0.271 e. The second kappa shape index (κ2) is 7.88. The average Bonchev–Trinajstić information content (AvgIpc) is 2.54. The number of aromatic nitrogens is 1. The third-order valence-electron chi connectivity index (χ3n) is 3.31. The molecule has 0 unspecified atom stereocenters. The van der Waals surface area contributed by atoms with Crippen LogP contribution in [0.4, 0.5) is 11.4 Å². The fraction of sp³-hybridized carbons (Fsp3) is 0.250. The second-order valence-corrected chi connectivity index (χ2v) is 5.08. The zero-order chi connectivity index (χ0) is 16.7. The Balaban J connectivity index is 1.81. The van der Waals surface area contributed by atoms with Gasteiger partial charge in [-0.1, -0.05) is 6.07 Å². The Hall–Kier alpha value is -2.96. The van der Waals surface area contributed by atoms with Crippen molar-refractivity contribution in [1.82, 2.24) is 0 Å². The van der Waals surface area contributed by atoms with Crippen molar-refractivity contribution in [1.29, 1.82) is 0 Å². The monoisotopic (exact) mass is 316 g/mol. The fourth-order valence-electron chi connectivity index (χ4n) is 2.11. The minimum absolute atomic E-state index is 0.0571. The van der Waals surface area contributed by atoms with E-state index < -0.39 is 4.92 Å². The van der Waals surface area contributed by atoms with Gasteiger partial charge in [0.25, 0.3) is 5.69 Å². The highest BCUT2D eigenvalue weighted by Crippen LogP contribution is 2.27. The summed E-state index contributed by atoms with van der Waals surface area (Å²) in [5, 5.41) is 22.9. The number of carbonyl (C=O) groups excluding carboxylic acids is 1. The molecule has 1 heterocycles. The van der Waals surface area contributed by atoms with Gasteiger partial charge in [0.15, 0.2) is 12.4 Å². The molecule has 0 saturated heterocycles. The number of nitrogens with zero attached hydrogens (tertiary/aromatic N) is 2. The number of amides is 1. The topological polar surface area (TPSA) is 96.3 Å². The lowest BCUT2D eigenvalue weighted by Crippen LogP contribution is -2.32. The van der Waals surface area contributed by atoms with E-state index in [4.69, 9.17) is 0 Å². The number of carbonyl (C=O) groups is 1. The van der Waals surface area contributed by atoms with Gasteiger partial charge in [-0.05, 0) is 12.5 Å². The van der Waals surface area contributed by atoms with Gasteiger partial charge in [-0.2, -0.15) is 0 Å². The molecule has 0 atom stereocenters. The van der Waals surface area contributed by atoms with E-state index in [2.05, 4.69) is 5.32 Å². The van der Waals surface area contributed by atoms with E-state index in [-0.39, 0.29) is 29.5 Å². The van der Waals surface area contributed by atoms with Gasteiger partial charge in [0, 0.05) is 37.1 Å². The molecule has 0 radical (unpaired) electrons. The predicted molar refractivity (Wildman–Crippen MR) is 83.9 cm³/mol. The molecule has 0 aliphatic heterocycles. The van der Waals surface area contributed by atoms with Crippen molar-refractivity contribution >= 4 is 17.3 Å². The molecular weight excluding hydrogens is 298 g/mol. The van der Waals surface area contributed by atoms with Crippen LogP contribution in [0.1, 0.15) is 19.3 Å². The van der Waals surface area contributed by atoms with Gasteiger partial charge in [0.05, 0.1) is 10.6 Å². The molecular formula is C16H18N3O4+. The Morgan fingerprint density at radius 3 is 2.65 bits per heavy atom. The van der Waals surface area contributed by atoms with Crippen molar-refractivity contribution in [3.8, 4) is 5.75 Å². The lowest BCUT2D eigenvalue weighted by atomic mass is 10.2. The third-order valence-corrected chi connectivity index (χ3v) is 3.31. The lowest BCUT2D eigenvalue weighted by molar-refractivity contribution is -0.697. The van der Waals surface area contributed by atoms with Crippen molar-refractivity contribution in [2.45, 2.75) is 25.8 Å². The predicted octanol–water partition coefficient (Wildman–Crippen LogP) is 2.40. The normalized spacial score (nSPS) is 10.3. The van der Waals surface area contributed by atoms with Crippen LogP contribution in [0.15, 0.2) is 48.8 Å². The molecule has 23 heavy (non-hydrogen) atoms.